The summed E-state index contributed by atoms with van der Waals surface area (Å²) < 4.78 is 57.8. The molecule has 2 aliphatic heterocycles. The van der Waals surface area contributed by atoms with Crippen molar-refractivity contribution >= 4 is 34.1 Å². The number of hydrogen-bond acceptors (Lipinski definition) is 7. The van der Waals surface area contributed by atoms with Gasteiger partial charge in [0, 0.05) is 37.1 Å². The number of amides is 1. The number of benzene rings is 1. The second-order valence-corrected chi connectivity index (χ2v) is 8.82. The standard InChI is InChI=1S/C24H26F3N5O4/c1-13(2)29-17-11-18(31-22-19(17)15(12-28-22)24(25,26)27)30-16-4-3-14(20-21(16)36-10-9-35-20)23(33)32-5-7-34-8-6-32/h3-4,11-13H,5-10H2,1-2H3,(H3,28,29,30,31). The first kappa shape index (κ1) is 24.0. The van der Waals surface area contributed by atoms with E-state index in [1.54, 1.807) is 17.0 Å². The smallest absolute Gasteiger partial charge is 0.418 e. The molecule has 1 saturated heterocycles. The van der Waals surface area contributed by atoms with Gasteiger partial charge in [0.1, 0.15) is 24.7 Å². The maximum absolute atomic E-state index is 13.6. The third kappa shape index (κ3) is 4.60. The van der Waals surface area contributed by atoms with E-state index in [0.29, 0.717) is 54.9 Å². The molecule has 0 bridgehead atoms. The molecule has 2 aromatic heterocycles. The first-order chi connectivity index (χ1) is 17.2. The van der Waals surface area contributed by atoms with E-state index in [1.807, 2.05) is 13.8 Å². The van der Waals surface area contributed by atoms with Gasteiger partial charge in [-0.05, 0) is 26.0 Å². The van der Waals surface area contributed by atoms with Crippen LogP contribution in [0.5, 0.6) is 11.5 Å². The van der Waals surface area contributed by atoms with E-state index in [0.717, 1.165) is 6.20 Å². The third-order valence-electron chi connectivity index (χ3n) is 5.87. The number of alkyl halides is 3. The first-order valence-electron chi connectivity index (χ1n) is 11.6. The molecule has 192 valence electrons. The van der Waals surface area contributed by atoms with Gasteiger partial charge in [0.2, 0.25) is 0 Å². The molecule has 2 aliphatic rings. The summed E-state index contributed by atoms with van der Waals surface area (Å²) in [5.74, 6) is 0.789. The number of halogens is 3. The largest absolute Gasteiger partial charge is 0.485 e. The predicted octanol–water partition coefficient (Wildman–Crippen LogP) is 4.39. The summed E-state index contributed by atoms with van der Waals surface area (Å²) in [6, 6.07) is 4.73. The number of rotatable bonds is 5. The summed E-state index contributed by atoms with van der Waals surface area (Å²) in [7, 11) is 0. The molecule has 3 N–H and O–H groups in total. The van der Waals surface area contributed by atoms with Crippen LogP contribution in [0.3, 0.4) is 0 Å². The lowest BCUT2D eigenvalue weighted by Crippen LogP contribution is -2.41. The van der Waals surface area contributed by atoms with Crippen LogP contribution in [0.4, 0.5) is 30.4 Å². The van der Waals surface area contributed by atoms with Crippen LogP contribution in [0.2, 0.25) is 0 Å². The summed E-state index contributed by atoms with van der Waals surface area (Å²) in [6.45, 7) is 6.17. The summed E-state index contributed by atoms with van der Waals surface area (Å²) in [4.78, 5) is 21.8. The zero-order chi connectivity index (χ0) is 25.4. The van der Waals surface area contributed by atoms with E-state index in [2.05, 4.69) is 20.6 Å². The molecule has 3 aromatic rings. The Morgan fingerprint density at radius 1 is 1.08 bits per heavy atom. The van der Waals surface area contributed by atoms with Crippen molar-refractivity contribution in [3.8, 4) is 11.5 Å². The van der Waals surface area contributed by atoms with Gasteiger partial charge in [-0.1, -0.05) is 0 Å². The minimum Gasteiger partial charge on any atom is -0.485 e. The SMILES string of the molecule is CC(C)Nc1cc(Nc2ccc(C(=O)N3CCOCC3)c3c2OCCO3)nc2[nH]cc(C(F)(F)F)c12. The van der Waals surface area contributed by atoms with Crippen molar-refractivity contribution in [3.63, 3.8) is 0 Å². The average Bonchev–Trinajstić information content (AvgIpc) is 3.29. The molecule has 1 fully saturated rings. The number of carbonyl (C=O) groups excluding carboxylic acids is 1. The fourth-order valence-electron chi connectivity index (χ4n) is 4.33. The molecule has 0 aliphatic carbocycles. The van der Waals surface area contributed by atoms with Crippen molar-refractivity contribution in [2.45, 2.75) is 26.1 Å². The van der Waals surface area contributed by atoms with E-state index in [-0.39, 0.29) is 41.9 Å². The lowest BCUT2D eigenvalue weighted by Gasteiger charge is -2.29. The molecule has 1 aromatic carbocycles. The Labute approximate surface area is 204 Å². The number of hydrogen-bond donors (Lipinski definition) is 3. The molecule has 0 saturated carbocycles. The van der Waals surface area contributed by atoms with Crippen molar-refractivity contribution < 1.29 is 32.2 Å². The van der Waals surface area contributed by atoms with E-state index in [9.17, 15) is 18.0 Å². The Hall–Kier alpha value is -3.67. The highest BCUT2D eigenvalue weighted by Crippen LogP contribution is 2.43. The van der Waals surface area contributed by atoms with E-state index in [4.69, 9.17) is 14.2 Å². The van der Waals surface area contributed by atoms with E-state index < -0.39 is 11.7 Å². The quantitative estimate of drug-likeness (QED) is 0.473. The van der Waals surface area contributed by atoms with Gasteiger partial charge in [-0.3, -0.25) is 4.79 Å². The number of aromatic amines is 1. The van der Waals surface area contributed by atoms with Crippen molar-refractivity contribution in [3.05, 3.63) is 35.5 Å². The first-order valence-corrected chi connectivity index (χ1v) is 11.6. The zero-order valence-electron chi connectivity index (χ0n) is 19.8. The topological polar surface area (TPSA) is 101 Å². The molecule has 0 spiro atoms. The maximum atomic E-state index is 13.6. The fraction of sp³-hybridized carbons (Fsp3) is 0.417. The number of ether oxygens (including phenoxy) is 3. The molecule has 12 heteroatoms. The van der Waals surface area contributed by atoms with Crippen molar-refractivity contribution in [2.24, 2.45) is 0 Å². The van der Waals surface area contributed by atoms with Crippen molar-refractivity contribution in [1.82, 2.24) is 14.9 Å². The molecule has 0 atom stereocenters. The molecule has 5 rings (SSSR count). The highest BCUT2D eigenvalue weighted by Gasteiger charge is 2.35. The molecule has 0 unspecified atom stereocenters. The van der Waals surface area contributed by atoms with Gasteiger partial charge < -0.3 is 34.7 Å². The molecule has 0 radical (unpaired) electrons. The van der Waals surface area contributed by atoms with Crippen LogP contribution in [0.15, 0.2) is 24.4 Å². The van der Waals surface area contributed by atoms with Crippen LogP contribution >= 0.6 is 0 Å². The van der Waals surface area contributed by atoms with Gasteiger partial charge in [-0.25, -0.2) is 4.98 Å². The van der Waals surface area contributed by atoms with Gasteiger partial charge in [-0.2, -0.15) is 13.2 Å². The number of morpholine rings is 1. The number of carbonyl (C=O) groups is 1. The highest BCUT2D eigenvalue weighted by atomic mass is 19.4. The van der Waals surface area contributed by atoms with Gasteiger partial charge in [0.15, 0.2) is 11.5 Å². The molecule has 1 amide bonds. The Morgan fingerprint density at radius 3 is 2.50 bits per heavy atom. The molecule has 4 heterocycles. The lowest BCUT2D eigenvalue weighted by molar-refractivity contribution is -0.136. The monoisotopic (exact) mass is 505 g/mol. The van der Waals surface area contributed by atoms with Crippen molar-refractivity contribution in [2.75, 3.05) is 50.2 Å². The lowest BCUT2D eigenvalue weighted by atomic mass is 10.1. The summed E-state index contributed by atoms with van der Waals surface area (Å²) >= 11 is 0. The minimum atomic E-state index is -4.53. The van der Waals surface area contributed by atoms with Crippen LogP contribution in [-0.2, 0) is 10.9 Å². The number of anilines is 3. The molecule has 9 nitrogen and oxygen atoms in total. The van der Waals surface area contributed by atoms with Crippen LogP contribution < -0.4 is 20.1 Å². The maximum Gasteiger partial charge on any atom is 0.418 e. The van der Waals surface area contributed by atoms with Crippen molar-refractivity contribution in [1.29, 1.82) is 0 Å². The summed E-state index contributed by atoms with van der Waals surface area (Å²) in [6.07, 6.45) is -3.62. The van der Waals surface area contributed by atoms with Crippen LogP contribution in [0.1, 0.15) is 29.8 Å². The Balaban J connectivity index is 1.52. The number of nitrogens with one attached hydrogen (secondary N) is 3. The number of pyridine rings is 1. The van der Waals surface area contributed by atoms with Gasteiger partial charge in [0.05, 0.1) is 35.4 Å². The molecular formula is C24H26F3N5O4. The highest BCUT2D eigenvalue weighted by molar-refractivity contribution is 6.00. The third-order valence-corrected chi connectivity index (χ3v) is 5.87. The summed E-state index contributed by atoms with van der Waals surface area (Å²) in [5, 5.41) is 6.18. The van der Waals surface area contributed by atoms with Gasteiger partial charge in [-0.15, -0.1) is 0 Å². The van der Waals surface area contributed by atoms with E-state index in [1.165, 1.54) is 6.07 Å². The average molecular weight is 505 g/mol. The Morgan fingerprint density at radius 2 is 1.81 bits per heavy atom. The number of aromatic nitrogens is 2. The molecule has 36 heavy (non-hydrogen) atoms. The second kappa shape index (κ2) is 9.41. The number of fused-ring (bicyclic) bond motifs is 2. The second-order valence-electron chi connectivity index (χ2n) is 8.82. The van der Waals surface area contributed by atoms with Crippen LogP contribution in [0, 0.1) is 0 Å². The van der Waals surface area contributed by atoms with Crippen LogP contribution in [-0.4, -0.2) is 66.3 Å². The zero-order valence-corrected chi connectivity index (χ0v) is 19.8. The van der Waals surface area contributed by atoms with Gasteiger partial charge >= 0.3 is 6.18 Å². The molecular weight excluding hydrogens is 479 g/mol. The van der Waals surface area contributed by atoms with Crippen LogP contribution in [0.25, 0.3) is 11.0 Å². The normalized spacial score (nSPS) is 15.9. The van der Waals surface area contributed by atoms with Gasteiger partial charge in [0.25, 0.3) is 5.91 Å². The fourth-order valence-corrected chi connectivity index (χ4v) is 4.33. The summed E-state index contributed by atoms with van der Waals surface area (Å²) in [5.41, 5.74) is 0.437. The minimum absolute atomic E-state index is 0.0326. The predicted molar refractivity (Wildman–Crippen MR) is 127 cm³/mol. The number of H-pyrrole nitrogens is 1. The van der Waals surface area contributed by atoms with E-state index >= 15 is 0 Å². The Bertz CT molecular complexity index is 1280. The number of nitrogens with zero attached hydrogens (tertiary/aromatic N) is 2. The Kier molecular flexibility index (Phi) is 6.29.